The van der Waals surface area contributed by atoms with Gasteiger partial charge in [-0.1, -0.05) is 0 Å². The summed E-state index contributed by atoms with van der Waals surface area (Å²) in [5.74, 6) is -0.0442. The van der Waals surface area contributed by atoms with Gasteiger partial charge in [0, 0.05) is 23.4 Å². The Morgan fingerprint density at radius 2 is 1.62 bits per heavy atom. The smallest absolute Gasteiger partial charge is 0.206 e. The van der Waals surface area contributed by atoms with Crippen molar-refractivity contribution in [2.45, 2.75) is 33.7 Å². The third kappa shape index (κ3) is 1.28. The van der Waals surface area contributed by atoms with Crippen molar-refractivity contribution in [3.05, 3.63) is 34.7 Å². The highest BCUT2D eigenvalue weighted by molar-refractivity contribution is 6.26. The first-order valence-corrected chi connectivity index (χ1v) is 5.42. The van der Waals surface area contributed by atoms with Crippen LogP contribution in [0.5, 0.6) is 0 Å². The third-order valence-corrected chi connectivity index (χ3v) is 3.17. The van der Waals surface area contributed by atoms with Crippen molar-refractivity contribution in [1.82, 2.24) is 4.57 Å². The Morgan fingerprint density at radius 3 is 2.19 bits per heavy atom. The fraction of sp³-hybridized carbons (Fsp3) is 0.385. The second kappa shape index (κ2) is 3.44. The maximum absolute atomic E-state index is 12.1. The molecule has 3 heteroatoms. The number of Topliss-reactive ketones (excluding diaryl/α,β-unsaturated/α-hetero) is 2. The average molecular weight is 217 g/mol. The average Bonchev–Trinajstić information content (AvgIpc) is 2.67. The van der Waals surface area contributed by atoms with Crippen molar-refractivity contribution in [1.29, 1.82) is 0 Å². The van der Waals surface area contributed by atoms with Gasteiger partial charge in [-0.25, -0.2) is 0 Å². The van der Waals surface area contributed by atoms with E-state index in [-0.39, 0.29) is 17.6 Å². The highest BCUT2D eigenvalue weighted by Gasteiger charge is 2.30. The molecule has 0 saturated heterocycles. The summed E-state index contributed by atoms with van der Waals surface area (Å²) in [5, 5.41) is 0. The van der Waals surface area contributed by atoms with Crippen LogP contribution >= 0.6 is 0 Å². The van der Waals surface area contributed by atoms with Gasteiger partial charge in [0.1, 0.15) is 5.69 Å². The molecule has 0 atom stereocenters. The Bertz CT molecular complexity index is 518. The number of nitrogens with zero attached hydrogens (tertiary/aromatic N) is 1. The van der Waals surface area contributed by atoms with Crippen LogP contribution in [0.1, 0.15) is 54.6 Å². The molecule has 2 rings (SSSR count). The van der Waals surface area contributed by atoms with Crippen LogP contribution in [0.15, 0.2) is 23.4 Å². The topological polar surface area (TPSA) is 39.1 Å². The number of carbonyl (C=O) groups excluding carboxylic acids is 2. The molecule has 1 aliphatic rings. The molecule has 0 amide bonds. The molecule has 0 fully saturated rings. The number of rotatable bonds is 1. The molecule has 0 radical (unpaired) electrons. The van der Waals surface area contributed by atoms with E-state index in [9.17, 15) is 9.59 Å². The van der Waals surface area contributed by atoms with Crippen LogP contribution in [0.4, 0.5) is 0 Å². The Kier molecular flexibility index (Phi) is 2.34. The summed E-state index contributed by atoms with van der Waals surface area (Å²) in [6.07, 6.45) is 1.82. The number of carbonyl (C=O) groups is 2. The van der Waals surface area contributed by atoms with Gasteiger partial charge < -0.3 is 4.57 Å². The van der Waals surface area contributed by atoms with Gasteiger partial charge in [0.05, 0.1) is 5.56 Å². The molecule has 1 aromatic rings. The van der Waals surface area contributed by atoms with E-state index in [0.29, 0.717) is 22.4 Å². The number of aromatic nitrogens is 1. The summed E-state index contributed by atoms with van der Waals surface area (Å²) in [6.45, 7) is 7.43. The van der Waals surface area contributed by atoms with E-state index in [1.165, 1.54) is 0 Å². The van der Waals surface area contributed by atoms with E-state index in [1.54, 1.807) is 19.9 Å². The Balaban J connectivity index is 2.69. The van der Waals surface area contributed by atoms with Crippen LogP contribution in [-0.4, -0.2) is 16.1 Å². The van der Waals surface area contributed by atoms with Crippen molar-refractivity contribution in [2.24, 2.45) is 0 Å². The van der Waals surface area contributed by atoms with Gasteiger partial charge in [-0.15, -0.1) is 0 Å². The first-order valence-electron chi connectivity index (χ1n) is 5.42. The minimum absolute atomic E-state index is 0.0218. The Labute approximate surface area is 94.8 Å². The van der Waals surface area contributed by atoms with E-state index >= 15 is 0 Å². The van der Waals surface area contributed by atoms with Crippen molar-refractivity contribution >= 4 is 11.6 Å². The fourth-order valence-corrected chi connectivity index (χ4v) is 2.02. The van der Waals surface area contributed by atoms with Crippen molar-refractivity contribution in [3.63, 3.8) is 0 Å². The molecule has 3 nitrogen and oxygen atoms in total. The predicted octanol–water partition coefficient (Wildman–Crippen LogP) is 2.78. The molecule has 1 aliphatic carbocycles. The standard InChI is InChI=1S/C13H15NO2/c1-7(2)14-6-5-10-11(14)13(16)9(4)8(3)12(10)15/h5-7H,1-4H3. The normalized spacial score (nSPS) is 16.1. The SMILES string of the molecule is CC1=C(C)C(=O)c2c(ccn2C(C)C)C1=O. The molecule has 0 bridgehead atoms. The van der Waals surface area contributed by atoms with Crippen LogP contribution in [0.3, 0.4) is 0 Å². The zero-order chi connectivity index (χ0) is 12.0. The quantitative estimate of drug-likeness (QED) is 0.725. The Morgan fingerprint density at radius 1 is 1.06 bits per heavy atom. The zero-order valence-corrected chi connectivity index (χ0v) is 10.00. The van der Waals surface area contributed by atoms with Gasteiger partial charge in [0.2, 0.25) is 5.78 Å². The lowest BCUT2D eigenvalue weighted by atomic mass is 9.90. The highest BCUT2D eigenvalue weighted by Crippen LogP contribution is 2.28. The number of allylic oxidation sites excluding steroid dienone is 2. The molecule has 0 saturated carbocycles. The van der Waals surface area contributed by atoms with Gasteiger partial charge in [0.25, 0.3) is 0 Å². The van der Waals surface area contributed by atoms with Crippen molar-refractivity contribution in [2.75, 3.05) is 0 Å². The third-order valence-electron chi connectivity index (χ3n) is 3.17. The summed E-state index contributed by atoms with van der Waals surface area (Å²) in [4.78, 5) is 24.1. The monoisotopic (exact) mass is 217 g/mol. The molecule has 16 heavy (non-hydrogen) atoms. The van der Waals surface area contributed by atoms with Crippen molar-refractivity contribution in [3.8, 4) is 0 Å². The molecule has 1 aromatic heterocycles. The second-order valence-corrected chi connectivity index (χ2v) is 4.49. The second-order valence-electron chi connectivity index (χ2n) is 4.49. The molecule has 0 aliphatic heterocycles. The lowest BCUT2D eigenvalue weighted by Crippen LogP contribution is -2.22. The predicted molar refractivity (Wildman–Crippen MR) is 61.9 cm³/mol. The maximum Gasteiger partial charge on any atom is 0.206 e. The van der Waals surface area contributed by atoms with Crippen LogP contribution < -0.4 is 0 Å². The maximum atomic E-state index is 12.1. The number of hydrogen-bond donors (Lipinski definition) is 0. The van der Waals surface area contributed by atoms with Crippen LogP contribution in [0.2, 0.25) is 0 Å². The lowest BCUT2D eigenvalue weighted by molar-refractivity contribution is 0.0968. The molecule has 1 heterocycles. The van der Waals surface area contributed by atoms with Gasteiger partial charge in [-0.05, 0) is 33.8 Å². The fourth-order valence-electron chi connectivity index (χ4n) is 2.02. The summed E-state index contributed by atoms with van der Waals surface area (Å²) in [6, 6.07) is 1.93. The molecular weight excluding hydrogens is 202 g/mol. The minimum atomic E-state index is -0.0224. The highest BCUT2D eigenvalue weighted by atomic mass is 16.1. The molecule has 0 aromatic carbocycles. The van der Waals surface area contributed by atoms with Crippen LogP contribution in [0, 0.1) is 0 Å². The number of fused-ring (bicyclic) bond motifs is 1. The van der Waals surface area contributed by atoms with E-state index < -0.39 is 0 Å². The molecule has 84 valence electrons. The summed E-state index contributed by atoms with van der Waals surface area (Å²) in [7, 11) is 0. The van der Waals surface area contributed by atoms with E-state index in [4.69, 9.17) is 0 Å². The summed E-state index contributed by atoms with van der Waals surface area (Å²) in [5.41, 5.74) is 2.22. The van der Waals surface area contributed by atoms with E-state index in [1.807, 2.05) is 24.6 Å². The van der Waals surface area contributed by atoms with Crippen molar-refractivity contribution < 1.29 is 9.59 Å². The van der Waals surface area contributed by atoms with E-state index in [0.717, 1.165) is 0 Å². The first kappa shape index (κ1) is 10.9. The molecule has 0 spiro atoms. The molecular formula is C13H15NO2. The Hall–Kier alpha value is -1.64. The number of hydrogen-bond acceptors (Lipinski definition) is 2. The summed E-state index contributed by atoms with van der Waals surface area (Å²) >= 11 is 0. The summed E-state index contributed by atoms with van der Waals surface area (Å²) < 4.78 is 1.87. The lowest BCUT2D eigenvalue weighted by Gasteiger charge is -2.18. The van der Waals surface area contributed by atoms with Crippen LogP contribution in [0.25, 0.3) is 0 Å². The minimum Gasteiger partial charge on any atom is -0.342 e. The molecule has 0 unspecified atom stereocenters. The first-order chi connectivity index (χ1) is 7.45. The molecule has 0 N–H and O–H groups in total. The zero-order valence-electron chi connectivity index (χ0n) is 10.00. The van der Waals surface area contributed by atoms with E-state index in [2.05, 4.69) is 0 Å². The van der Waals surface area contributed by atoms with Gasteiger partial charge >= 0.3 is 0 Å². The van der Waals surface area contributed by atoms with Gasteiger partial charge in [-0.2, -0.15) is 0 Å². The van der Waals surface area contributed by atoms with Gasteiger partial charge in [0.15, 0.2) is 5.78 Å². The van der Waals surface area contributed by atoms with Gasteiger partial charge in [-0.3, -0.25) is 9.59 Å². The van der Waals surface area contributed by atoms with Crippen LogP contribution in [-0.2, 0) is 0 Å². The number of ketones is 2. The largest absolute Gasteiger partial charge is 0.342 e.